The quantitative estimate of drug-likeness (QED) is 0.821. The third-order valence-electron chi connectivity index (χ3n) is 2.82. The number of halogens is 1. The fraction of sp³-hybridized carbons (Fsp3) is 0. The molecule has 86 valence electrons. The highest BCUT2D eigenvalue weighted by Crippen LogP contribution is 2.52. The summed E-state index contributed by atoms with van der Waals surface area (Å²) in [6, 6.07) is 10.6. The summed E-state index contributed by atoms with van der Waals surface area (Å²) in [5.41, 5.74) is 1.76. The van der Waals surface area contributed by atoms with Gasteiger partial charge in [-0.1, -0.05) is 24.3 Å². The van der Waals surface area contributed by atoms with E-state index in [1.807, 2.05) is 23.6 Å². The predicted octanol–water partition coefficient (Wildman–Crippen LogP) is 3.53. The van der Waals surface area contributed by atoms with E-state index in [0.29, 0.717) is 5.39 Å². The van der Waals surface area contributed by atoms with Crippen LogP contribution in [-0.4, -0.2) is 5.55 Å². The van der Waals surface area contributed by atoms with Crippen molar-refractivity contribution in [2.45, 2.75) is 4.90 Å². The van der Waals surface area contributed by atoms with Crippen LogP contribution in [-0.2, 0) is 0 Å². The van der Waals surface area contributed by atoms with Gasteiger partial charge in [0, 0.05) is 16.5 Å². The molecule has 0 saturated carbocycles. The Morgan fingerprint density at radius 1 is 1.06 bits per heavy atom. The molecule has 17 heavy (non-hydrogen) atoms. The Morgan fingerprint density at radius 3 is 2.53 bits per heavy atom. The summed E-state index contributed by atoms with van der Waals surface area (Å²) in [7, 11) is -1.66. The van der Waals surface area contributed by atoms with Crippen molar-refractivity contribution in [3.8, 4) is 0 Å². The van der Waals surface area contributed by atoms with E-state index in [1.54, 1.807) is 23.9 Å². The first-order chi connectivity index (χ1) is 8.21. The molecule has 0 aliphatic carbocycles. The van der Waals surface area contributed by atoms with Crippen LogP contribution in [0.1, 0.15) is 0 Å². The van der Waals surface area contributed by atoms with Gasteiger partial charge in [-0.05, 0) is 22.9 Å². The second-order valence-corrected chi connectivity index (χ2v) is 6.34. The smallest absolute Gasteiger partial charge is 0.131 e. The number of benzene rings is 2. The number of nitrogens with zero attached hydrogens (tertiary/aromatic N) is 1. The fourth-order valence-electron chi connectivity index (χ4n) is 1.98. The molecule has 0 saturated heterocycles. The van der Waals surface area contributed by atoms with E-state index in [0.717, 1.165) is 10.3 Å². The highest BCUT2D eigenvalue weighted by Gasteiger charge is 2.21. The molecule has 0 aromatic heterocycles. The number of fused-ring (bicyclic) bond motifs is 1. The Morgan fingerprint density at radius 2 is 1.82 bits per heavy atom. The first-order valence-electron chi connectivity index (χ1n) is 5.19. The van der Waals surface area contributed by atoms with E-state index in [1.165, 1.54) is 6.07 Å². The lowest BCUT2D eigenvalue weighted by Crippen LogP contribution is -2.08. The van der Waals surface area contributed by atoms with Gasteiger partial charge in [0.15, 0.2) is 0 Å². The van der Waals surface area contributed by atoms with Crippen LogP contribution in [0.5, 0.6) is 0 Å². The molecule has 2 N–H and O–H groups in total. The lowest BCUT2D eigenvalue weighted by atomic mass is 10.1. The monoisotopic (exact) mass is 246 g/mol. The van der Waals surface area contributed by atoms with Crippen molar-refractivity contribution in [2.75, 3.05) is 0 Å². The van der Waals surface area contributed by atoms with E-state index in [9.17, 15) is 4.39 Å². The van der Waals surface area contributed by atoms with E-state index in [4.69, 9.17) is 5.14 Å². The summed E-state index contributed by atoms with van der Waals surface area (Å²) >= 11 is 0. The summed E-state index contributed by atoms with van der Waals surface area (Å²) in [4.78, 5) is 5.01. The highest BCUT2D eigenvalue weighted by molar-refractivity contribution is 8.44. The van der Waals surface area contributed by atoms with Crippen LogP contribution in [0.3, 0.4) is 0 Å². The normalized spacial score (nSPS) is 26.2. The third kappa shape index (κ3) is 1.57. The number of hydrogen-bond acceptors (Lipinski definition) is 2. The van der Waals surface area contributed by atoms with Gasteiger partial charge in [-0.3, -0.25) is 10.1 Å². The van der Waals surface area contributed by atoms with Crippen molar-refractivity contribution < 1.29 is 4.39 Å². The van der Waals surface area contributed by atoms with Crippen LogP contribution in [0.4, 0.5) is 4.39 Å². The molecular formula is C13H11FN2S. The van der Waals surface area contributed by atoms with Crippen molar-refractivity contribution in [1.29, 1.82) is 0 Å². The molecule has 4 heteroatoms. The zero-order valence-corrected chi connectivity index (χ0v) is 9.82. The molecule has 3 rings (SSSR count). The molecule has 0 bridgehead atoms. The minimum atomic E-state index is -1.66. The number of aliphatic imine (C=N–C) groups is 1. The molecule has 2 aromatic rings. The summed E-state index contributed by atoms with van der Waals surface area (Å²) in [6.07, 6.45) is 1.70. The zero-order chi connectivity index (χ0) is 11.9. The van der Waals surface area contributed by atoms with Crippen LogP contribution in [0.25, 0.3) is 10.8 Å². The van der Waals surface area contributed by atoms with E-state index >= 15 is 0 Å². The van der Waals surface area contributed by atoms with Gasteiger partial charge in [-0.15, -0.1) is 10.2 Å². The Balaban J connectivity index is 2.35. The Kier molecular flexibility index (Phi) is 2.28. The zero-order valence-electron chi connectivity index (χ0n) is 9.01. The first kappa shape index (κ1) is 10.5. The van der Waals surface area contributed by atoms with Crippen molar-refractivity contribution in [1.82, 2.24) is 0 Å². The molecule has 1 heterocycles. The third-order valence-corrected chi connectivity index (χ3v) is 4.98. The van der Waals surface area contributed by atoms with Crippen molar-refractivity contribution in [2.24, 2.45) is 10.1 Å². The van der Waals surface area contributed by atoms with Crippen LogP contribution >= 0.6 is 10.2 Å². The number of nitrogens with two attached hydrogens (primary N) is 1. The Bertz CT molecular complexity index is 637. The van der Waals surface area contributed by atoms with Gasteiger partial charge >= 0.3 is 0 Å². The maximum atomic E-state index is 13.7. The van der Waals surface area contributed by atoms with E-state index in [2.05, 4.69) is 4.99 Å². The molecule has 1 aliphatic heterocycles. The standard InChI is InChI=1S/C13H11FN2S/c14-12-5-6-13(17(15)8-7-16-9-17)11-4-2-1-3-10(11)12/h1-9H,15H2. The van der Waals surface area contributed by atoms with Gasteiger partial charge in [-0.25, -0.2) is 4.39 Å². The molecule has 0 radical (unpaired) electrons. The van der Waals surface area contributed by atoms with Gasteiger partial charge in [0.25, 0.3) is 0 Å². The second-order valence-electron chi connectivity index (χ2n) is 3.89. The van der Waals surface area contributed by atoms with E-state index < -0.39 is 10.2 Å². The Hall–Kier alpha value is -1.65. The van der Waals surface area contributed by atoms with Crippen LogP contribution in [0.15, 0.2) is 57.9 Å². The summed E-state index contributed by atoms with van der Waals surface area (Å²) in [6.45, 7) is 0. The molecule has 2 nitrogen and oxygen atoms in total. The molecule has 0 spiro atoms. The van der Waals surface area contributed by atoms with Crippen LogP contribution in [0, 0.1) is 5.82 Å². The molecule has 1 aliphatic rings. The molecule has 0 amide bonds. The molecule has 1 atom stereocenters. The highest BCUT2D eigenvalue weighted by atomic mass is 32.3. The fourth-order valence-corrected chi connectivity index (χ4v) is 3.72. The molecular weight excluding hydrogens is 235 g/mol. The SMILES string of the molecule is NS1(c2ccc(F)c3ccccc23)C=CN=C1. The van der Waals surface area contributed by atoms with Crippen molar-refractivity contribution in [3.05, 3.63) is 53.8 Å². The largest absolute Gasteiger partial charge is 0.283 e. The van der Waals surface area contributed by atoms with Gasteiger partial charge in [0.1, 0.15) is 5.82 Å². The minimum absolute atomic E-state index is 0.216. The molecule has 0 fully saturated rings. The van der Waals surface area contributed by atoms with Crippen LogP contribution in [0.2, 0.25) is 0 Å². The number of rotatable bonds is 1. The predicted molar refractivity (Wildman–Crippen MR) is 71.6 cm³/mol. The Labute approximate surface area is 100 Å². The summed E-state index contributed by atoms with van der Waals surface area (Å²) < 4.78 is 13.7. The lowest BCUT2D eigenvalue weighted by molar-refractivity contribution is 0.639. The maximum Gasteiger partial charge on any atom is 0.131 e. The number of hydrogen-bond donors (Lipinski definition) is 1. The molecule has 1 unspecified atom stereocenters. The second kappa shape index (κ2) is 3.68. The summed E-state index contributed by atoms with van der Waals surface area (Å²) in [5.74, 6) is -0.216. The average Bonchev–Trinajstić information content (AvgIpc) is 2.78. The first-order valence-corrected chi connectivity index (χ1v) is 7.01. The van der Waals surface area contributed by atoms with Crippen LogP contribution < -0.4 is 5.14 Å². The average molecular weight is 246 g/mol. The van der Waals surface area contributed by atoms with Crippen molar-refractivity contribution in [3.63, 3.8) is 0 Å². The van der Waals surface area contributed by atoms with Gasteiger partial charge in [0.05, 0.1) is 5.55 Å². The van der Waals surface area contributed by atoms with Gasteiger partial charge in [-0.2, -0.15) is 0 Å². The minimum Gasteiger partial charge on any atom is -0.283 e. The maximum absolute atomic E-state index is 13.7. The van der Waals surface area contributed by atoms with Crippen molar-refractivity contribution >= 4 is 26.5 Å². The lowest BCUT2D eigenvalue weighted by Gasteiger charge is -2.26. The van der Waals surface area contributed by atoms with Gasteiger partial charge in [0.2, 0.25) is 0 Å². The molecule has 2 aromatic carbocycles. The van der Waals surface area contributed by atoms with Gasteiger partial charge < -0.3 is 0 Å². The topological polar surface area (TPSA) is 38.4 Å². The van der Waals surface area contributed by atoms with E-state index in [-0.39, 0.29) is 5.82 Å². The summed E-state index contributed by atoms with van der Waals surface area (Å²) in [5, 5.41) is 9.69.